The van der Waals surface area contributed by atoms with Gasteiger partial charge in [-0.15, -0.1) is 0 Å². The summed E-state index contributed by atoms with van der Waals surface area (Å²) in [6.45, 7) is 6.31. The maximum Gasteiger partial charge on any atom is 0.201 e. The van der Waals surface area contributed by atoms with Gasteiger partial charge in [-0.25, -0.2) is 0 Å². The van der Waals surface area contributed by atoms with E-state index >= 15 is 0 Å². The highest BCUT2D eigenvalue weighted by Crippen LogP contribution is 2.50. The Hall–Kier alpha value is -2.44. The summed E-state index contributed by atoms with van der Waals surface area (Å²) >= 11 is 0. The van der Waals surface area contributed by atoms with Gasteiger partial charge in [-0.3, -0.25) is 9.80 Å². The van der Waals surface area contributed by atoms with Crippen LogP contribution in [0.4, 0.5) is 0 Å². The molecule has 1 N–H and O–H groups in total. The van der Waals surface area contributed by atoms with Crippen molar-refractivity contribution in [3.8, 4) is 28.7 Å². The molecular weight excluding hydrogens is 380 g/mol. The number of likely N-dealkylation sites (N-methyl/N-ethyl adjacent to an activating group) is 2. The predicted molar refractivity (Wildman–Crippen MR) is 117 cm³/mol. The topological polar surface area (TPSA) is 54.4 Å². The lowest BCUT2D eigenvalue weighted by molar-refractivity contribution is 0.237. The lowest BCUT2D eigenvalue weighted by atomic mass is 9.91. The van der Waals surface area contributed by atoms with Crippen LogP contribution in [-0.2, 0) is 12.8 Å². The van der Waals surface area contributed by atoms with Gasteiger partial charge in [0, 0.05) is 30.7 Å². The van der Waals surface area contributed by atoms with Crippen molar-refractivity contribution >= 4 is 0 Å². The lowest BCUT2D eigenvalue weighted by Gasteiger charge is -2.35. The minimum Gasteiger partial charge on any atom is -0.502 e. The number of phenols is 1. The summed E-state index contributed by atoms with van der Waals surface area (Å²) in [4.78, 5) is 4.60. The van der Waals surface area contributed by atoms with Crippen LogP contribution < -0.4 is 14.2 Å². The van der Waals surface area contributed by atoms with E-state index in [9.17, 15) is 5.11 Å². The van der Waals surface area contributed by atoms with Gasteiger partial charge in [0.15, 0.2) is 23.0 Å². The molecule has 2 aromatic carbocycles. The highest BCUT2D eigenvalue weighted by molar-refractivity contribution is 5.62. The SMILES string of the molecule is COc1cc2c(cc1Oc1c(O)c(OC)cc3c1[C@@H](C)N(C)CC3)[C@H](C)N(C)CC2. The number of hydrogen-bond donors (Lipinski definition) is 1. The van der Waals surface area contributed by atoms with Crippen LogP contribution in [0.1, 0.15) is 48.2 Å². The van der Waals surface area contributed by atoms with Crippen molar-refractivity contribution in [1.29, 1.82) is 0 Å². The normalized spacial score (nSPS) is 21.7. The van der Waals surface area contributed by atoms with E-state index in [1.165, 1.54) is 11.1 Å². The summed E-state index contributed by atoms with van der Waals surface area (Å²) < 4.78 is 17.6. The van der Waals surface area contributed by atoms with E-state index in [-0.39, 0.29) is 11.8 Å². The molecule has 162 valence electrons. The monoisotopic (exact) mass is 412 g/mol. The zero-order valence-electron chi connectivity index (χ0n) is 18.8. The van der Waals surface area contributed by atoms with Crippen LogP contribution >= 0.6 is 0 Å². The molecule has 0 amide bonds. The summed E-state index contributed by atoms with van der Waals surface area (Å²) in [6, 6.07) is 6.49. The smallest absolute Gasteiger partial charge is 0.201 e. The van der Waals surface area contributed by atoms with E-state index in [0.717, 1.165) is 37.1 Å². The van der Waals surface area contributed by atoms with Crippen LogP contribution in [0, 0.1) is 0 Å². The Balaban J connectivity index is 1.85. The molecular formula is C24H32N2O4. The van der Waals surface area contributed by atoms with Crippen LogP contribution in [0.15, 0.2) is 18.2 Å². The molecule has 2 atom stereocenters. The Morgan fingerprint density at radius 3 is 2.10 bits per heavy atom. The van der Waals surface area contributed by atoms with Crippen LogP contribution in [0.3, 0.4) is 0 Å². The van der Waals surface area contributed by atoms with Gasteiger partial charge in [-0.2, -0.15) is 0 Å². The van der Waals surface area contributed by atoms with Gasteiger partial charge in [-0.05, 0) is 75.7 Å². The second-order valence-corrected chi connectivity index (χ2v) is 8.45. The first kappa shape index (κ1) is 20.8. The molecule has 2 heterocycles. The number of aromatic hydroxyl groups is 1. The maximum absolute atomic E-state index is 11.0. The third-order valence-electron chi connectivity index (χ3n) is 6.86. The molecule has 2 aliphatic rings. The number of methoxy groups -OCH3 is 2. The fourth-order valence-corrected chi connectivity index (χ4v) is 4.62. The number of nitrogens with zero attached hydrogens (tertiary/aromatic N) is 2. The molecule has 6 nitrogen and oxygen atoms in total. The highest BCUT2D eigenvalue weighted by atomic mass is 16.5. The number of ether oxygens (including phenoxy) is 3. The van der Waals surface area contributed by atoms with Gasteiger partial charge in [-0.1, -0.05) is 0 Å². The van der Waals surface area contributed by atoms with Crippen molar-refractivity contribution in [2.75, 3.05) is 41.4 Å². The van der Waals surface area contributed by atoms with Gasteiger partial charge < -0.3 is 19.3 Å². The number of phenolic OH excluding ortho intramolecular Hbond substituents is 1. The van der Waals surface area contributed by atoms with E-state index in [0.29, 0.717) is 29.0 Å². The Kier molecular flexibility index (Phi) is 5.55. The first-order valence-electron chi connectivity index (χ1n) is 10.6. The van der Waals surface area contributed by atoms with Gasteiger partial charge in [0.05, 0.1) is 14.2 Å². The average Bonchev–Trinajstić information content (AvgIpc) is 2.75. The Labute approximate surface area is 179 Å². The van der Waals surface area contributed by atoms with E-state index in [1.807, 2.05) is 6.07 Å². The van der Waals surface area contributed by atoms with Gasteiger partial charge >= 0.3 is 0 Å². The summed E-state index contributed by atoms with van der Waals surface area (Å²) in [5.41, 5.74) is 4.68. The first-order chi connectivity index (χ1) is 14.3. The lowest BCUT2D eigenvalue weighted by Crippen LogP contribution is -2.31. The third kappa shape index (κ3) is 3.38. The number of fused-ring (bicyclic) bond motifs is 2. The van der Waals surface area contributed by atoms with Crippen molar-refractivity contribution in [2.45, 2.75) is 38.8 Å². The molecule has 4 rings (SSSR count). The minimum absolute atomic E-state index is 0.0309. The van der Waals surface area contributed by atoms with E-state index in [1.54, 1.807) is 14.2 Å². The molecule has 2 aromatic rings. The molecule has 0 unspecified atom stereocenters. The number of hydrogen-bond acceptors (Lipinski definition) is 6. The Morgan fingerprint density at radius 2 is 1.43 bits per heavy atom. The van der Waals surface area contributed by atoms with E-state index < -0.39 is 0 Å². The van der Waals surface area contributed by atoms with Gasteiger partial charge in [0.1, 0.15) is 0 Å². The van der Waals surface area contributed by atoms with Crippen LogP contribution in [0.25, 0.3) is 0 Å². The molecule has 0 saturated heterocycles. The second kappa shape index (κ2) is 8.00. The molecule has 0 aliphatic carbocycles. The van der Waals surface area contributed by atoms with Gasteiger partial charge in [0.2, 0.25) is 5.75 Å². The van der Waals surface area contributed by atoms with E-state index in [4.69, 9.17) is 14.2 Å². The fraction of sp³-hybridized carbons (Fsp3) is 0.500. The minimum atomic E-state index is 0.0309. The third-order valence-corrected chi connectivity index (χ3v) is 6.86. The zero-order valence-corrected chi connectivity index (χ0v) is 18.8. The summed E-state index contributed by atoms with van der Waals surface area (Å²) in [5, 5.41) is 11.0. The fourth-order valence-electron chi connectivity index (χ4n) is 4.62. The van der Waals surface area contributed by atoms with Gasteiger partial charge in [0.25, 0.3) is 0 Å². The summed E-state index contributed by atoms with van der Waals surface area (Å²) in [5.74, 6) is 2.22. The molecule has 0 saturated carbocycles. The van der Waals surface area contributed by atoms with Crippen molar-refractivity contribution < 1.29 is 19.3 Å². The summed E-state index contributed by atoms with van der Waals surface area (Å²) in [6.07, 6.45) is 1.86. The average molecular weight is 413 g/mol. The molecule has 30 heavy (non-hydrogen) atoms. The van der Waals surface area contributed by atoms with Crippen molar-refractivity contribution in [2.24, 2.45) is 0 Å². The van der Waals surface area contributed by atoms with Crippen LogP contribution in [0.5, 0.6) is 28.7 Å². The molecule has 0 bridgehead atoms. The quantitative estimate of drug-likeness (QED) is 0.808. The molecule has 0 spiro atoms. The highest BCUT2D eigenvalue weighted by Gasteiger charge is 2.31. The number of benzene rings is 2. The van der Waals surface area contributed by atoms with Crippen LogP contribution in [-0.4, -0.2) is 56.3 Å². The predicted octanol–water partition coefficient (Wildman–Crippen LogP) is 4.30. The Bertz CT molecular complexity index is 959. The molecule has 0 aromatic heterocycles. The van der Waals surface area contributed by atoms with Crippen LogP contribution in [0.2, 0.25) is 0 Å². The number of rotatable bonds is 4. The molecule has 6 heteroatoms. The first-order valence-corrected chi connectivity index (χ1v) is 10.6. The second-order valence-electron chi connectivity index (χ2n) is 8.45. The molecule has 0 radical (unpaired) electrons. The molecule has 2 aliphatic heterocycles. The maximum atomic E-state index is 11.0. The largest absolute Gasteiger partial charge is 0.502 e. The standard InChI is InChI=1S/C24H32N2O4/c1-14-18-13-20(19(28-5)11-16(18)7-9-25(14)3)30-24-22-15(2)26(4)10-8-17(22)12-21(29-6)23(24)27/h11-15,27H,7-10H2,1-6H3/t14-,15+/m0/s1. The van der Waals surface area contributed by atoms with Crippen molar-refractivity contribution in [3.05, 3.63) is 40.5 Å². The zero-order chi connectivity index (χ0) is 21.6. The van der Waals surface area contributed by atoms with Crippen molar-refractivity contribution in [1.82, 2.24) is 9.80 Å². The Morgan fingerprint density at radius 1 is 0.833 bits per heavy atom. The summed E-state index contributed by atoms with van der Waals surface area (Å²) in [7, 11) is 7.46. The van der Waals surface area contributed by atoms with Crippen molar-refractivity contribution in [3.63, 3.8) is 0 Å². The van der Waals surface area contributed by atoms with E-state index in [2.05, 4.69) is 49.9 Å². The molecule has 0 fully saturated rings.